The lowest BCUT2D eigenvalue weighted by molar-refractivity contribution is 0.162. The van der Waals surface area contributed by atoms with Crippen molar-refractivity contribution >= 4 is 0 Å². The van der Waals surface area contributed by atoms with Gasteiger partial charge in [0, 0.05) is 11.6 Å². The SMILES string of the molecule is C[C@H]1C[C@H](c2ccc(OC[C@H](C)N3CCCC3)cc2)Oc2ccc(O)cc21.Oc1ccccc1. The van der Waals surface area contributed by atoms with Gasteiger partial charge >= 0.3 is 0 Å². The van der Waals surface area contributed by atoms with E-state index in [4.69, 9.17) is 14.6 Å². The number of ether oxygens (including phenoxy) is 2. The maximum atomic E-state index is 9.71. The molecule has 1 saturated heterocycles. The number of para-hydroxylation sites is 1. The first-order chi connectivity index (χ1) is 16.5. The average Bonchev–Trinajstić information content (AvgIpc) is 3.39. The van der Waals surface area contributed by atoms with Crippen LogP contribution >= 0.6 is 0 Å². The highest BCUT2D eigenvalue weighted by molar-refractivity contribution is 5.44. The molecule has 0 aliphatic carbocycles. The Morgan fingerprint density at radius 2 is 1.65 bits per heavy atom. The number of rotatable bonds is 5. The fourth-order valence-corrected chi connectivity index (χ4v) is 4.59. The molecule has 1 fully saturated rings. The van der Waals surface area contributed by atoms with Crippen molar-refractivity contribution in [2.45, 2.75) is 51.2 Å². The summed E-state index contributed by atoms with van der Waals surface area (Å²) in [5.41, 5.74) is 2.25. The Hall–Kier alpha value is -3.18. The van der Waals surface area contributed by atoms with E-state index in [1.165, 1.54) is 31.5 Å². The summed E-state index contributed by atoms with van der Waals surface area (Å²) < 4.78 is 12.2. The lowest BCUT2D eigenvalue weighted by Gasteiger charge is -2.31. The third-order valence-corrected chi connectivity index (χ3v) is 6.62. The van der Waals surface area contributed by atoms with E-state index in [1.807, 2.05) is 30.3 Å². The topological polar surface area (TPSA) is 62.2 Å². The zero-order valence-corrected chi connectivity index (χ0v) is 20.1. The predicted octanol–water partition coefficient (Wildman–Crippen LogP) is 6.27. The van der Waals surface area contributed by atoms with Crippen molar-refractivity contribution in [1.29, 1.82) is 0 Å². The standard InChI is InChI=1S/C23H29NO3.C6H6O/c1-16-13-23(27-22-10-7-19(25)14-21(16)22)18-5-8-20(9-6-18)26-15-17(2)24-11-3-4-12-24;7-6-4-2-1-3-5-6/h5-10,14,16-17,23,25H,3-4,11-13,15H2,1-2H3;1-5,7H/t16-,17-,23+;/m0./s1. The lowest BCUT2D eigenvalue weighted by atomic mass is 9.89. The second kappa shape index (κ2) is 11.3. The highest BCUT2D eigenvalue weighted by atomic mass is 16.5. The number of fused-ring (bicyclic) bond motifs is 1. The largest absolute Gasteiger partial charge is 0.508 e. The molecule has 3 aromatic carbocycles. The molecule has 3 atom stereocenters. The zero-order chi connectivity index (χ0) is 23.9. The molecule has 0 bridgehead atoms. The first-order valence-corrected chi connectivity index (χ1v) is 12.2. The van der Waals surface area contributed by atoms with Gasteiger partial charge in [0.1, 0.15) is 35.7 Å². The van der Waals surface area contributed by atoms with Crippen LogP contribution in [0.5, 0.6) is 23.0 Å². The van der Waals surface area contributed by atoms with Crippen LogP contribution in [-0.2, 0) is 0 Å². The van der Waals surface area contributed by atoms with Crippen molar-refractivity contribution in [3.05, 3.63) is 83.9 Å². The molecule has 34 heavy (non-hydrogen) atoms. The molecule has 3 aromatic rings. The van der Waals surface area contributed by atoms with Crippen molar-refractivity contribution < 1.29 is 19.7 Å². The van der Waals surface area contributed by atoms with Gasteiger partial charge in [-0.15, -0.1) is 0 Å². The average molecular weight is 462 g/mol. The smallest absolute Gasteiger partial charge is 0.124 e. The van der Waals surface area contributed by atoms with Crippen molar-refractivity contribution in [3.8, 4) is 23.0 Å². The molecule has 0 aromatic heterocycles. The molecule has 0 radical (unpaired) electrons. The number of nitrogens with zero attached hydrogens (tertiary/aromatic N) is 1. The van der Waals surface area contributed by atoms with E-state index in [0.29, 0.717) is 23.5 Å². The predicted molar refractivity (Wildman–Crippen MR) is 135 cm³/mol. The van der Waals surface area contributed by atoms with Crippen LogP contribution in [0, 0.1) is 0 Å². The summed E-state index contributed by atoms with van der Waals surface area (Å²) in [6, 6.07) is 22.9. The number of phenols is 2. The van der Waals surface area contributed by atoms with E-state index in [-0.39, 0.29) is 6.10 Å². The van der Waals surface area contributed by atoms with Crippen LogP contribution in [0.15, 0.2) is 72.8 Å². The van der Waals surface area contributed by atoms with Crippen LogP contribution in [0.25, 0.3) is 0 Å². The van der Waals surface area contributed by atoms with E-state index in [2.05, 4.69) is 30.9 Å². The summed E-state index contributed by atoms with van der Waals surface area (Å²) >= 11 is 0. The van der Waals surface area contributed by atoms with Gasteiger partial charge in [0.2, 0.25) is 0 Å². The van der Waals surface area contributed by atoms with Crippen LogP contribution in [0.2, 0.25) is 0 Å². The molecule has 2 aliphatic rings. The number of hydrogen-bond acceptors (Lipinski definition) is 5. The van der Waals surface area contributed by atoms with Gasteiger partial charge in [0.05, 0.1) is 0 Å². The fraction of sp³-hybridized carbons (Fsp3) is 0.379. The third-order valence-electron chi connectivity index (χ3n) is 6.62. The summed E-state index contributed by atoms with van der Waals surface area (Å²) in [6.45, 7) is 7.55. The number of benzene rings is 3. The maximum Gasteiger partial charge on any atom is 0.124 e. The summed E-state index contributed by atoms with van der Waals surface area (Å²) in [7, 11) is 0. The minimum atomic E-state index is 0.0367. The van der Waals surface area contributed by atoms with Crippen molar-refractivity contribution in [2.75, 3.05) is 19.7 Å². The Labute approximate surface area is 202 Å². The number of hydrogen-bond donors (Lipinski definition) is 2. The Morgan fingerprint density at radius 1 is 0.941 bits per heavy atom. The highest BCUT2D eigenvalue weighted by Crippen LogP contribution is 2.43. The van der Waals surface area contributed by atoms with E-state index in [1.54, 1.807) is 30.3 Å². The summed E-state index contributed by atoms with van der Waals surface area (Å²) in [5.74, 6) is 2.76. The van der Waals surface area contributed by atoms with Gasteiger partial charge in [-0.3, -0.25) is 4.90 Å². The molecule has 0 amide bonds. The summed E-state index contributed by atoms with van der Waals surface area (Å²) in [4.78, 5) is 2.50. The van der Waals surface area contributed by atoms with Crippen LogP contribution in [-0.4, -0.2) is 40.9 Å². The van der Waals surface area contributed by atoms with E-state index >= 15 is 0 Å². The Bertz CT molecular complexity index is 1030. The van der Waals surface area contributed by atoms with Crippen LogP contribution < -0.4 is 9.47 Å². The van der Waals surface area contributed by atoms with Crippen molar-refractivity contribution in [1.82, 2.24) is 4.90 Å². The summed E-state index contributed by atoms with van der Waals surface area (Å²) in [5, 5.41) is 18.3. The maximum absolute atomic E-state index is 9.71. The van der Waals surface area contributed by atoms with Gasteiger partial charge in [0.15, 0.2) is 0 Å². The molecular formula is C29H35NO4. The molecule has 2 N–H and O–H groups in total. The minimum Gasteiger partial charge on any atom is -0.508 e. The van der Waals surface area contributed by atoms with Gasteiger partial charge in [0.25, 0.3) is 0 Å². The molecule has 2 heterocycles. The molecule has 180 valence electrons. The molecule has 5 nitrogen and oxygen atoms in total. The molecule has 0 spiro atoms. The van der Waals surface area contributed by atoms with Gasteiger partial charge in [-0.05, 0) is 93.2 Å². The molecule has 5 heteroatoms. The zero-order valence-electron chi connectivity index (χ0n) is 20.1. The first-order valence-electron chi connectivity index (χ1n) is 12.2. The molecule has 0 unspecified atom stereocenters. The second-order valence-corrected chi connectivity index (χ2v) is 9.27. The Kier molecular flexibility index (Phi) is 7.96. The highest BCUT2D eigenvalue weighted by Gasteiger charge is 2.27. The number of likely N-dealkylation sites (tertiary alicyclic amines) is 1. The minimum absolute atomic E-state index is 0.0367. The van der Waals surface area contributed by atoms with Crippen LogP contribution in [0.3, 0.4) is 0 Å². The van der Waals surface area contributed by atoms with Crippen LogP contribution in [0.4, 0.5) is 0 Å². The molecule has 2 aliphatic heterocycles. The van der Waals surface area contributed by atoms with E-state index in [9.17, 15) is 5.11 Å². The van der Waals surface area contributed by atoms with Gasteiger partial charge < -0.3 is 19.7 Å². The lowest BCUT2D eigenvalue weighted by Crippen LogP contribution is -2.34. The monoisotopic (exact) mass is 461 g/mol. The molecule has 5 rings (SSSR count). The molecular weight excluding hydrogens is 426 g/mol. The second-order valence-electron chi connectivity index (χ2n) is 9.27. The van der Waals surface area contributed by atoms with Crippen molar-refractivity contribution in [3.63, 3.8) is 0 Å². The van der Waals surface area contributed by atoms with Gasteiger partial charge in [-0.2, -0.15) is 0 Å². The van der Waals surface area contributed by atoms with Gasteiger partial charge in [-0.25, -0.2) is 0 Å². The fourth-order valence-electron chi connectivity index (χ4n) is 4.59. The third kappa shape index (κ3) is 6.23. The Balaban J connectivity index is 0.000000336. The molecule has 0 saturated carbocycles. The Morgan fingerprint density at radius 3 is 2.29 bits per heavy atom. The van der Waals surface area contributed by atoms with E-state index < -0.39 is 0 Å². The van der Waals surface area contributed by atoms with E-state index in [0.717, 1.165) is 30.1 Å². The number of phenolic OH excluding ortho intramolecular Hbond substituents is 2. The first kappa shape index (κ1) is 24.0. The van der Waals surface area contributed by atoms with Gasteiger partial charge in [-0.1, -0.05) is 37.3 Å². The van der Waals surface area contributed by atoms with Crippen LogP contribution in [0.1, 0.15) is 56.3 Å². The van der Waals surface area contributed by atoms with Crippen molar-refractivity contribution in [2.24, 2.45) is 0 Å². The normalized spacial score (nSPS) is 20.4. The quantitative estimate of drug-likeness (QED) is 0.469. The number of aromatic hydroxyl groups is 2. The summed E-state index contributed by atoms with van der Waals surface area (Å²) in [6.07, 6.45) is 3.56.